The van der Waals surface area contributed by atoms with Crippen LogP contribution in [0.5, 0.6) is 5.75 Å². The first-order valence-corrected chi connectivity index (χ1v) is 11.1. The number of likely N-dealkylation sites (tertiary alicyclic amines) is 1. The summed E-state index contributed by atoms with van der Waals surface area (Å²) in [5.74, 6) is 0.837. The second kappa shape index (κ2) is 7.54. The third-order valence-corrected chi connectivity index (χ3v) is 5.65. The number of nitrogens with zero attached hydrogens (tertiary/aromatic N) is 2. The Labute approximate surface area is 164 Å². The number of sulfonamides is 1. The standard InChI is InChI=1S/C20H24N4O3S/c1-24-10-8-16(13-24)27-18-7-9-21-20-19(18)17(12-22-20)15-5-3-14(4-6-15)11-23-28(2,25)26/h3-7,9,12,16,23H,8,10-11,13H2,1-2H3,(H,21,22)/t16-/m0/s1. The van der Waals surface area contributed by atoms with Gasteiger partial charge in [0, 0.05) is 37.6 Å². The van der Waals surface area contributed by atoms with E-state index in [0.717, 1.165) is 59.2 Å². The van der Waals surface area contributed by atoms with Gasteiger partial charge in [-0.05, 0) is 30.7 Å². The molecule has 4 rings (SSSR count). The number of benzene rings is 1. The molecule has 2 aromatic heterocycles. The quantitative estimate of drug-likeness (QED) is 0.663. The monoisotopic (exact) mass is 400 g/mol. The number of rotatable bonds is 6. The third-order valence-electron chi connectivity index (χ3n) is 4.98. The molecule has 0 unspecified atom stereocenters. The Morgan fingerprint density at radius 3 is 2.75 bits per heavy atom. The van der Waals surface area contributed by atoms with Gasteiger partial charge in [-0.2, -0.15) is 0 Å². The zero-order chi connectivity index (χ0) is 19.7. The molecule has 1 aromatic carbocycles. The van der Waals surface area contributed by atoms with Crippen molar-refractivity contribution in [1.82, 2.24) is 19.6 Å². The van der Waals surface area contributed by atoms with E-state index in [0.29, 0.717) is 0 Å². The number of pyridine rings is 1. The number of hydrogen-bond acceptors (Lipinski definition) is 5. The van der Waals surface area contributed by atoms with Crippen LogP contribution in [0.1, 0.15) is 12.0 Å². The molecule has 2 N–H and O–H groups in total. The number of H-pyrrole nitrogens is 1. The van der Waals surface area contributed by atoms with E-state index in [1.807, 2.05) is 36.5 Å². The van der Waals surface area contributed by atoms with Crippen molar-refractivity contribution in [3.63, 3.8) is 0 Å². The zero-order valence-electron chi connectivity index (χ0n) is 16.0. The molecule has 3 aromatic rings. The van der Waals surface area contributed by atoms with Crippen LogP contribution in [0.15, 0.2) is 42.7 Å². The maximum absolute atomic E-state index is 11.3. The first-order chi connectivity index (χ1) is 13.4. The smallest absolute Gasteiger partial charge is 0.209 e. The molecular formula is C20H24N4O3S. The highest BCUT2D eigenvalue weighted by molar-refractivity contribution is 7.88. The van der Waals surface area contributed by atoms with Crippen LogP contribution < -0.4 is 9.46 Å². The number of likely N-dealkylation sites (N-methyl/N-ethyl adjacent to an activating group) is 1. The van der Waals surface area contributed by atoms with E-state index in [1.165, 1.54) is 0 Å². The Kier molecular flexibility index (Phi) is 5.09. The van der Waals surface area contributed by atoms with Gasteiger partial charge >= 0.3 is 0 Å². The molecular weight excluding hydrogens is 376 g/mol. The molecule has 1 fully saturated rings. The second-order valence-corrected chi connectivity index (χ2v) is 9.15. The highest BCUT2D eigenvalue weighted by atomic mass is 32.2. The fourth-order valence-electron chi connectivity index (χ4n) is 3.54. The Balaban J connectivity index is 1.62. The minimum Gasteiger partial charge on any atom is -0.488 e. The van der Waals surface area contributed by atoms with E-state index in [1.54, 1.807) is 6.20 Å². The van der Waals surface area contributed by atoms with Crippen molar-refractivity contribution in [2.75, 3.05) is 26.4 Å². The van der Waals surface area contributed by atoms with Crippen LogP contribution in [0.25, 0.3) is 22.2 Å². The molecule has 0 spiro atoms. The van der Waals surface area contributed by atoms with Gasteiger partial charge in [0.05, 0.1) is 11.6 Å². The number of fused-ring (bicyclic) bond motifs is 1. The highest BCUT2D eigenvalue weighted by Crippen LogP contribution is 2.35. The van der Waals surface area contributed by atoms with Crippen LogP contribution in [0.4, 0.5) is 0 Å². The van der Waals surface area contributed by atoms with E-state index >= 15 is 0 Å². The summed E-state index contributed by atoms with van der Waals surface area (Å²) in [6.07, 6.45) is 6.06. The lowest BCUT2D eigenvalue weighted by Crippen LogP contribution is -2.21. The van der Waals surface area contributed by atoms with Crippen LogP contribution in [0.2, 0.25) is 0 Å². The summed E-state index contributed by atoms with van der Waals surface area (Å²) < 4.78 is 31.3. The molecule has 1 aliphatic heterocycles. The number of nitrogens with one attached hydrogen (secondary N) is 2. The van der Waals surface area contributed by atoms with Crippen molar-refractivity contribution in [1.29, 1.82) is 0 Å². The molecule has 0 radical (unpaired) electrons. The highest BCUT2D eigenvalue weighted by Gasteiger charge is 2.22. The van der Waals surface area contributed by atoms with E-state index in [-0.39, 0.29) is 12.6 Å². The third kappa shape index (κ3) is 4.19. The Morgan fingerprint density at radius 2 is 2.07 bits per heavy atom. The minimum atomic E-state index is -3.21. The van der Waals surface area contributed by atoms with Crippen molar-refractivity contribution >= 4 is 21.1 Å². The average Bonchev–Trinajstić information content (AvgIpc) is 3.27. The number of ether oxygens (including phenoxy) is 1. The van der Waals surface area contributed by atoms with Gasteiger partial charge < -0.3 is 14.6 Å². The molecule has 1 saturated heterocycles. The van der Waals surface area contributed by atoms with Crippen LogP contribution in [0.3, 0.4) is 0 Å². The summed E-state index contributed by atoms with van der Waals surface area (Å²) in [5, 5.41) is 0.971. The topological polar surface area (TPSA) is 87.3 Å². The predicted molar refractivity (Wildman–Crippen MR) is 110 cm³/mol. The van der Waals surface area contributed by atoms with Crippen LogP contribution in [-0.2, 0) is 16.6 Å². The van der Waals surface area contributed by atoms with E-state index < -0.39 is 10.0 Å². The molecule has 1 aliphatic rings. The van der Waals surface area contributed by atoms with Crippen LogP contribution in [-0.4, -0.2) is 55.8 Å². The lowest BCUT2D eigenvalue weighted by Gasteiger charge is -2.15. The Bertz CT molecular complexity index is 1080. The van der Waals surface area contributed by atoms with Gasteiger partial charge in [-0.25, -0.2) is 18.1 Å². The summed E-state index contributed by atoms with van der Waals surface area (Å²) in [6, 6.07) is 9.75. The van der Waals surface area contributed by atoms with Gasteiger partial charge in [-0.1, -0.05) is 24.3 Å². The summed E-state index contributed by atoms with van der Waals surface area (Å²) in [5.41, 5.74) is 3.74. The number of aromatic amines is 1. The molecule has 7 nitrogen and oxygen atoms in total. The van der Waals surface area contributed by atoms with Gasteiger partial charge in [0.2, 0.25) is 10.0 Å². The summed E-state index contributed by atoms with van der Waals surface area (Å²) in [6.45, 7) is 2.24. The van der Waals surface area contributed by atoms with Crippen LogP contribution >= 0.6 is 0 Å². The molecule has 0 bridgehead atoms. The van der Waals surface area contributed by atoms with Crippen molar-refractivity contribution < 1.29 is 13.2 Å². The average molecular weight is 401 g/mol. The fourth-order valence-corrected chi connectivity index (χ4v) is 3.97. The maximum atomic E-state index is 11.3. The van der Waals surface area contributed by atoms with E-state index in [4.69, 9.17) is 4.74 Å². The lowest BCUT2D eigenvalue weighted by atomic mass is 10.0. The van der Waals surface area contributed by atoms with E-state index in [2.05, 4.69) is 26.6 Å². The second-order valence-electron chi connectivity index (χ2n) is 7.32. The van der Waals surface area contributed by atoms with Gasteiger partial charge in [0.25, 0.3) is 0 Å². The molecule has 0 amide bonds. The van der Waals surface area contributed by atoms with Gasteiger partial charge in [-0.15, -0.1) is 0 Å². The van der Waals surface area contributed by atoms with Crippen molar-refractivity contribution in [2.24, 2.45) is 0 Å². The number of hydrogen-bond donors (Lipinski definition) is 2. The van der Waals surface area contributed by atoms with Crippen molar-refractivity contribution in [3.05, 3.63) is 48.3 Å². The maximum Gasteiger partial charge on any atom is 0.209 e. The molecule has 0 saturated carbocycles. The Hall–Kier alpha value is -2.42. The lowest BCUT2D eigenvalue weighted by molar-refractivity contribution is 0.210. The SMILES string of the molecule is CN1CC[C@H](Oc2ccnc3[nH]cc(-c4ccc(CNS(C)(=O)=O)cc4)c23)C1. The number of aromatic nitrogens is 2. The fraction of sp³-hybridized carbons (Fsp3) is 0.350. The molecule has 28 heavy (non-hydrogen) atoms. The Morgan fingerprint density at radius 1 is 1.29 bits per heavy atom. The minimum absolute atomic E-state index is 0.183. The zero-order valence-corrected chi connectivity index (χ0v) is 16.8. The van der Waals surface area contributed by atoms with E-state index in [9.17, 15) is 8.42 Å². The summed E-state index contributed by atoms with van der Waals surface area (Å²) in [7, 11) is -1.10. The van der Waals surface area contributed by atoms with Crippen molar-refractivity contribution in [3.8, 4) is 16.9 Å². The first-order valence-electron chi connectivity index (χ1n) is 9.24. The van der Waals surface area contributed by atoms with Gasteiger partial charge in [-0.3, -0.25) is 0 Å². The summed E-state index contributed by atoms with van der Waals surface area (Å²) >= 11 is 0. The molecule has 3 heterocycles. The molecule has 0 aliphatic carbocycles. The van der Waals surface area contributed by atoms with Crippen LogP contribution in [0, 0.1) is 0 Å². The first kappa shape index (κ1) is 18.9. The molecule has 8 heteroatoms. The normalized spacial score (nSPS) is 18.0. The summed E-state index contributed by atoms with van der Waals surface area (Å²) in [4.78, 5) is 9.92. The van der Waals surface area contributed by atoms with Crippen molar-refractivity contribution in [2.45, 2.75) is 19.1 Å². The molecule has 1 atom stereocenters. The van der Waals surface area contributed by atoms with Gasteiger partial charge in [0.15, 0.2) is 0 Å². The van der Waals surface area contributed by atoms with Gasteiger partial charge in [0.1, 0.15) is 17.5 Å². The predicted octanol–water partition coefficient (Wildman–Crippen LogP) is 2.36. The largest absolute Gasteiger partial charge is 0.488 e. The molecule has 148 valence electrons.